The van der Waals surface area contributed by atoms with Gasteiger partial charge in [-0.15, -0.1) is 23.7 Å². The number of fused-ring (bicyclic) bond motifs is 3. The smallest absolute Gasteiger partial charge is 0.141 e. The Bertz CT molecular complexity index is 887. The molecule has 0 N–H and O–H groups in total. The third-order valence-corrected chi connectivity index (χ3v) is 6.63. The van der Waals surface area contributed by atoms with Crippen LogP contribution in [0.5, 0.6) is 0 Å². The molecule has 0 spiro atoms. The van der Waals surface area contributed by atoms with Crippen LogP contribution in [0.25, 0.3) is 10.2 Å². The van der Waals surface area contributed by atoms with E-state index < -0.39 is 0 Å². The summed E-state index contributed by atoms with van der Waals surface area (Å²) in [6.07, 6.45) is 6.79. The van der Waals surface area contributed by atoms with Crippen molar-refractivity contribution in [2.75, 3.05) is 36.0 Å². The summed E-state index contributed by atoms with van der Waals surface area (Å²) in [5, 5.41) is 1.34. The highest BCUT2D eigenvalue weighted by atomic mass is 35.5. The van der Waals surface area contributed by atoms with E-state index in [2.05, 4.69) is 45.1 Å². The molecule has 0 radical (unpaired) electrons. The Morgan fingerprint density at radius 2 is 1.58 bits per heavy atom. The minimum absolute atomic E-state index is 0. The first-order valence-corrected chi connectivity index (χ1v) is 10.0. The van der Waals surface area contributed by atoms with E-state index in [1.54, 1.807) is 11.2 Å². The number of nitrogens with zero attached hydrogens (tertiary/aromatic N) is 4. The van der Waals surface area contributed by atoms with Crippen molar-refractivity contribution < 1.29 is 0 Å². The molecule has 1 fully saturated rings. The number of hydrogen-bond donors (Lipinski definition) is 0. The number of anilines is 2. The number of aryl methyl sites for hydroxylation is 2. The number of rotatable bonds is 2. The minimum Gasteiger partial charge on any atom is -0.368 e. The molecule has 0 unspecified atom stereocenters. The first kappa shape index (κ1) is 17.6. The van der Waals surface area contributed by atoms with Crippen molar-refractivity contribution in [3.63, 3.8) is 0 Å². The molecule has 0 bridgehead atoms. The van der Waals surface area contributed by atoms with E-state index in [-0.39, 0.29) is 12.4 Å². The number of para-hydroxylation sites is 1. The average molecular weight is 387 g/mol. The van der Waals surface area contributed by atoms with Crippen molar-refractivity contribution in [2.45, 2.75) is 25.7 Å². The lowest BCUT2D eigenvalue weighted by molar-refractivity contribution is 0.648. The van der Waals surface area contributed by atoms with Crippen LogP contribution in [0.2, 0.25) is 0 Å². The van der Waals surface area contributed by atoms with Gasteiger partial charge in [-0.1, -0.05) is 18.2 Å². The second-order valence-electron chi connectivity index (χ2n) is 6.90. The van der Waals surface area contributed by atoms with E-state index in [4.69, 9.17) is 4.98 Å². The predicted octanol–water partition coefficient (Wildman–Crippen LogP) is 4.32. The van der Waals surface area contributed by atoms with Crippen molar-refractivity contribution in [2.24, 2.45) is 0 Å². The van der Waals surface area contributed by atoms with Crippen molar-refractivity contribution in [1.29, 1.82) is 0 Å². The third-order valence-electron chi connectivity index (χ3n) is 5.43. The van der Waals surface area contributed by atoms with Gasteiger partial charge in [0.05, 0.1) is 5.39 Å². The lowest BCUT2D eigenvalue weighted by Gasteiger charge is -2.37. The molecule has 4 nitrogen and oxygen atoms in total. The maximum atomic E-state index is 4.71. The first-order valence-electron chi connectivity index (χ1n) is 9.20. The Labute approximate surface area is 164 Å². The molecular weight excluding hydrogens is 364 g/mol. The largest absolute Gasteiger partial charge is 0.368 e. The topological polar surface area (TPSA) is 32.3 Å². The van der Waals surface area contributed by atoms with Crippen molar-refractivity contribution in [3.05, 3.63) is 47.1 Å². The summed E-state index contributed by atoms with van der Waals surface area (Å²) in [5.74, 6) is 1.16. The van der Waals surface area contributed by atoms with Gasteiger partial charge in [0, 0.05) is 36.7 Å². The van der Waals surface area contributed by atoms with Crippen LogP contribution in [-0.4, -0.2) is 36.1 Å². The number of benzene rings is 1. The Kier molecular flexibility index (Phi) is 5.00. The van der Waals surface area contributed by atoms with E-state index in [9.17, 15) is 0 Å². The monoisotopic (exact) mass is 386 g/mol. The van der Waals surface area contributed by atoms with Gasteiger partial charge >= 0.3 is 0 Å². The van der Waals surface area contributed by atoms with Crippen LogP contribution < -0.4 is 9.80 Å². The summed E-state index contributed by atoms with van der Waals surface area (Å²) in [5.41, 5.74) is 2.86. The molecule has 26 heavy (non-hydrogen) atoms. The zero-order valence-corrected chi connectivity index (χ0v) is 16.4. The number of halogens is 1. The quantitative estimate of drug-likeness (QED) is 0.656. The Hall–Kier alpha value is -1.85. The summed E-state index contributed by atoms with van der Waals surface area (Å²) in [6, 6.07) is 10.7. The molecule has 136 valence electrons. The Balaban J connectivity index is 0.00000168. The van der Waals surface area contributed by atoms with Gasteiger partial charge in [-0.05, 0) is 43.4 Å². The van der Waals surface area contributed by atoms with Crippen LogP contribution in [0.1, 0.15) is 23.3 Å². The molecule has 1 saturated heterocycles. The zero-order valence-electron chi connectivity index (χ0n) is 14.7. The Morgan fingerprint density at radius 3 is 2.38 bits per heavy atom. The summed E-state index contributed by atoms with van der Waals surface area (Å²) in [6.45, 7) is 4.13. The molecule has 5 rings (SSSR count). The normalized spacial score (nSPS) is 17.1. The number of aromatic nitrogens is 2. The Morgan fingerprint density at radius 1 is 0.846 bits per heavy atom. The second-order valence-corrected chi connectivity index (χ2v) is 7.98. The molecule has 2 aliphatic rings. The van der Waals surface area contributed by atoms with Crippen LogP contribution in [0.3, 0.4) is 0 Å². The van der Waals surface area contributed by atoms with Crippen LogP contribution in [0, 0.1) is 0 Å². The molecule has 0 amide bonds. The minimum atomic E-state index is 0. The van der Waals surface area contributed by atoms with Crippen LogP contribution in [0.15, 0.2) is 36.7 Å². The van der Waals surface area contributed by atoms with Gasteiger partial charge in [0.1, 0.15) is 17.0 Å². The highest BCUT2D eigenvalue weighted by Gasteiger charge is 2.24. The number of thiophene rings is 1. The zero-order chi connectivity index (χ0) is 16.6. The van der Waals surface area contributed by atoms with Crippen molar-refractivity contribution >= 4 is 45.5 Å². The van der Waals surface area contributed by atoms with E-state index in [1.807, 2.05) is 11.3 Å². The SMILES string of the molecule is Cl.c1ccc(N2CCN(c3ncnc4sc5c(c34)CCCC5)CC2)cc1. The van der Waals surface area contributed by atoms with Crippen LogP contribution in [-0.2, 0) is 12.8 Å². The van der Waals surface area contributed by atoms with E-state index >= 15 is 0 Å². The molecule has 1 aliphatic carbocycles. The maximum absolute atomic E-state index is 4.71. The van der Waals surface area contributed by atoms with Crippen LogP contribution in [0.4, 0.5) is 11.5 Å². The summed E-state index contributed by atoms with van der Waals surface area (Å²) < 4.78 is 0. The molecular formula is C20H23ClN4S. The van der Waals surface area contributed by atoms with Gasteiger partial charge < -0.3 is 9.80 Å². The maximum Gasteiger partial charge on any atom is 0.141 e. The van der Waals surface area contributed by atoms with Gasteiger partial charge in [0.15, 0.2) is 0 Å². The molecule has 6 heteroatoms. The van der Waals surface area contributed by atoms with Gasteiger partial charge in [0.25, 0.3) is 0 Å². The fourth-order valence-corrected chi connectivity index (χ4v) is 5.35. The molecule has 0 saturated carbocycles. The summed E-state index contributed by atoms with van der Waals surface area (Å²) in [4.78, 5) is 16.9. The lowest BCUT2D eigenvalue weighted by Crippen LogP contribution is -2.46. The first-order chi connectivity index (χ1) is 12.4. The second kappa shape index (κ2) is 7.41. The molecule has 1 aliphatic heterocycles. The van der Waals surface area contributed by atoms with Crippen molar-refractivity contribution in [3.8, 4) is 0 Å². The molecule has 0 atom stereocenters. The lowest BCUT2D eigenvalue weighted by atomic mass is 9.97. The fourth-order valence-electron chi connectivity index (χ4n) is 4.13. The average Bonchev–Trinajstić information content (AvgIpc) is 3.08. The van der Waals surface area contributed by atoms with Crippen molar-refractivity contribution in [1.82, 2.24) is 9.97 Å². The highest BCUT2D eigenvalue weighted by molar-refractivity contribution is 7.19. The number of hydrogen-bond acceptors (Lipinski definition) is 5. The molecule has 2 aromatic heterocycles. The van der Waals surface area contributed by atoms with Gasteiger partial charge in [-0.25, -0.2) is 9.97 Å². The van der Waals surface area contributed by atoms with Gasteiger partial charge in [-0.3, -0.25) is 0 Å². The molecule has 1 aromatic carbocycles. The number of piperazine rings is 1. The van der Waals surface area contributed by atoms with Gasteiger partial charge in [-0.2, -0.15) is 0 Å². The standard InChI is InChI=1S/C20H22N4S.ClH/c1-2-6-15(7-3-1)23-10-12-24(13-11-23)19-18-16-8-4-5-9-17(16)25-20(18)22-14-21-19;/h1-3,6-7,14H,4-5,8-13H2;1H. The van der Waals surface area contributed by atoms with Gasteiger partial charge in [0.2, 0.25) is 0 Å². The predicted molar refractivity (Wildman–Crippen MR) is 112 cm³/mol. The summed E-state index contributed by atoms with van der Waals surface area (Å²) >= 11 is 1.89. The third kappa shape index (κ3) is 3.03. The van der Waals surface area contributed by atoms with E-state index in [1.165, 1.54) is 47.2 Å². The van der Waals surface area contributed by atoms with E-state index in [0.717, 1.165) is 32.0 Å². The summed E-state index contributed by atoms with van der Waals surface area (Å²) in [7, 11) is 0. The fraction of sp³-hybridized carbons (Fsp3) is 0.400. The van der Waals surface area contributed by atoms with E-state index in [0.29, 0.717) is 0 Å². The molecule has 3 heterocycles. The molecule has 3 aromatic rings. The van der Waals surface area contributed by atoms with Crippen LogP contribution >= 0.6 is 23.7 Å². The highest BCUT2D eigenvalue weighted by Crippen LogP contribution is 2.39.